The summed E-state index contributed by atoms with van der Waals surface area (Å²) in [5, 5.41) is 14.1. The number of rotatable bonds is 6. The predicted octanol–water partition coefficient (Wildman–Crippen LogP) is 2.13. The van der Waals surface area contributed by atoms with Crippen molar-refractivity contribution in [2.24, 2.45) is 7.05 Å². The highest BCUT2D eigenvalue weighted by Crippen LogP contribution is 2.24. The summed E-state index contributed by atoms with van der Waals surface area (Å²) in [6.07, 6.45) is 8.10. The van der Waals surface area contributed by atoms with Crippen molar-refractivity contribution in [3.63, 3.8) is 0 Å². The number of aliphatic hydroxyl groups excluding tert-OH is 1. The molecule has 126 valence electrons. The molecule has 24 heavy (non-hydrogen) atoms. The summed E-state index contributed by atoms with van der Waals surface area (Å²) < 4.78 is 3.79. The fourth-order valence-electron chi connectivity index (χ4n) is 2.83. The second kappa shape index (κ2) is 6.88. The summed E-state index contributed by atoms with van der Waals surface area (Å²) in [6.45, 7) is 0.0546. The highest BCUT2D eigenvalue weighted by molar-refractivity contribution is 5.57. The molecule has 0 saturated carbocycles. The van der Waals surface area contributed by atoms with Gasteiger partial charge in [0, 0.05) is 38.6 Å². The summed E-state index contributed by atoms with van der Waals surface area (Å²) in [6, 6.07) is 8.35. The summed E-state index contributed by atoms with van der Waals surface area (Å²) in [7, 11) is 5.94. The van der Waals surface area contributed by atoms with Crippen LogP contribution in [0.4, 0.5) is 5.69 Å². The highest BCUT2D eigenvalue weighted by Gasteiger charge is 2.16. The van der Waals surface area contributed by atoms with E-state index in [1.54, 1.807) is 11.0 Å². The van der Waals surface area contributed by atoms with Gasteiger partial charge in [0.2, 0.25) is 0 Å². The number of aliphatic hydroxyl groups is 1. The Balaban J connectivity index is 1.83. The summed E-state index contributed by atoms with van der Waals surface area (Å²) >= 11 is 0. The van der Waals surface area contributed by atoms with Crippen LogP contribution >= 0.6 is 0 Å². The zero-order valence-electron chi connectivity index (χ0n) is 14.3. The Morgan fingerprint density at radius 3 is 2.50 bits per heavy atom. The highest BCUT2D eigenvalue weighted by atomic mass is 16.3. The van der Waals surface area contributed by atoms with Crippen LogP contribution in [0, 0.1) is 0 Å². The topological polar surface area (TPSA) is 59.1 Å². The van der Waals surface area contributed by atoms with Crippen molar-refractivity contribution in [3.8, 4) is 11.3 Å². The molecule has 1 N–H and O–H groups in total. The van der Waals surface area contributed by atoms with Crippen molar-refractivity contribution in [2.45, 2.75) is 12.5 Å². The van der Waals surface area contributed by atoms with Gasteiger partial charge >= 0.3 is 0 Å². The number of aromatic nitrogens is 4. The molecule has 0 radical (unpaired) electrons. The quantitative estimate of drug-likeness (QED) is 0.754. The Hall–Kier alpha value is -2.60. The maximum absolute atomic E-state index is 9.90. The van der Waals surface area contributed by atoms with E-state index in [4.69, 9.17) is 0 Å². The van der Waals surface area contributed by atoms with Crippen LogP contribution in [0.25, 0.3) is 11.3 Å². The Labute approximate surface area is 142 Å². The van der Waals surface area contributed by atoms with Crippen LogP contribution in [0.1, 0.15) is 11.6 Å². The molecule has 0 unspecified atom stereocenters. The Morgan fingerprint density at radius 1 is 1.17 bits per heavy atom. The van der Waals surface area contributed by atoms with E-state index in [0.717, 1.165) is 23.4 Å². The molecule has 0 fully saturated rings. The van der Waals surface area contributed by atoms with Gasteiger partial charge in [-0.3, -0.25) is 4.68 Å². The Kier molecular flexibility index (Phi) is 4.66. The molecule has 0 aliphatic heterocycles. The summed E-state index contributed by atoms with van der Waals surface area (Å²) in [5.74, 6) is 0. The third-order valence-corrected chi connectivity index (χ3v) is 4.19. The fraction of sp³-hybridized carbons (Fsp3) is 0.333. The van der Waals surface area contributed by atoms with Crippen molar-refractivity contribution in [2.75, 3.05) is 25.6 Å². The summed E-state index contributed by atoms with van der Waals surface area (Å²) in [5.41, 5.74) is 4.31. The standard InChI is InChI=1S/C18H23N5O/c1-21(2)16-6-4-14(5-7-16)8-17(12-24)23-13-19-10-18(23)15-9-20-22(3)11-15/h4-7,9-11,13,17,24H,8,12H2,1-3H3/t17-/m1/s1. The fourth-order valence-corrected chi connectivity index (χ4v) is 2.83. The van der Waals surface area contributed by atoms with Crippen molar-refractivity contribution in [3.05, 3.63) is 54.7 Å². The third-order valence-electron chi connectivity index (χ3n) is 4.19. The molecule has 1 atom stereocenters. The molecule has 6 nitrogen and oxygen atoms in total. The molecular weight excluding hydrogens is 302 g/mol. The molecule has 2 aromatic heterocycles. The van der Waals surface area contributed by atoms with Crippen LogP contribution < -0.4 is 4.90 Å². The average molecular weight is 325 g/mol. The van der Waals surface area contributed by atoms with Crippen LogP contribution in [0.2, 0.25) is 0 Å². The number of imidazole rings is 1. The van der Waals surface area contributed by atoms with Gasteiger partial charge in [-0.15, -0.1) is 0 Å². The van der Waals surface area contributed by atoms with E-state index in [1.807, 2.05) is 44.3 Å². The van der Waals surface area contributed by atoms with Crippen molar-refractivity contribution < 1.29 is 5.11 Å². The van der Waals surface area contributed by atoms with Crippen LogP contribution in [0.5, 0.6) is 0 Å². The molecule has 0 saturated heterocycles. The molecule has 0 amide bonds. The third kappa shape index (κ3) is 3.33. The molecule has 3 rings (SSSR count). The van der Waals surface area contributed by atoms with Gasteiger partial charge in [-0.2, -0.15) is 5.10 Å². The number of nitrogens with zero attached hydrogens (tertiary/aromatic N) is 5. The van der Waals surface area contributed by atoms with Gasteiger partial charge in [0.1, 0.15) is 0 Å². The van der Waals surface area contributed by atoms with Crippen molar-refractivity contribution >= 4 is 5.69 Å². The second-order valence-electron chi connectivity index (χ2n) is 6.19. The first kappa shape index (κ1) is 16.3. The molecule has 1 aromatic carbocycles. The lowest BCUT2D eigenvalue weighted by Crippen LogP contribution is -2.16. The normalized spacial score (nSPS) is 12.3. The van der Waals surface area contributed by atoms with Crippen LogP contribution in [0.3, 0.4) is 0 Å². The average Bonchev–Trinajstić information content (AvgIpc) is 3.21. The van der Waals surface area contributed by atoms with Gasteiger partial charge in [0.25, 0.3) is 0 Å². The second-order valence-corrected chi connectivity index (χ2v) is 6.19. The number of benzene rings is 1. The number of aryl methyl sites for hydroxylation is 1. The lowest BCUT2D eigenvalue weighted by atomic mass is 10.1. The van der Waals surface area contributed by atoms with E-state index in [0.29, 0.717) is 0 Å². The zero-order valence-corrected chi connectivity index (χ0v) is 14.3. The summed E-state index contributed by atoms with van der Waals surface area (Å²) in [4.78, 5) is 6.34. The number of hydrogen-bond acceptors (Lipinski definition) is 4. The molecule has 0 aliphatic rings. The van der Waals surface area contributed by atoms with E-state index < -0.39 is 0 Å². The van der Waals surface area contributed by atoms with Gasteiger partial charge in [0.05, 0.1) is 37.1 Å². The molecule has 2 heterocycles. The number of hydrogen-bond donors (Lipinski definition) is 1. The van der Waals surface area contributed by atoms with E-state index >= 15 is 0 Å². The minimum absolute atomic E-state index is 0.0546. The minimum Gasteiger partial charge on any atom is -0.394 e. The predicted molar refractivity (Wildman–Crippen MR) is 95.0 cm³/mol. The Bertz CT molecular complexity index is 788. The van der Waals surface area contributed by atoms with Gasteiger partial charge in [0.15, 0.2) is 0 Å². The lowest BCUT2D eigenvalue weighted by molar-refractivity contribution is 0.228. The van der Waals surface area contributed by atoms with Gasteiger partial charge in [-0.05, 0) is 24.1 Å². The molecule has 3 aromatic rings. The molecule has 0 bridgehead atoms. The first-order chi connectivity index (χ1) is 11.6. The van der Waals surface area contributed by atoms with Gasteiger partial charge < -0.3 is 14.6 Å². The minimum atomic E-state index is -0.0621. The van der Waals surface area contributed by atoms with Gasteiger partial charge in [-0.25, -0.2) is 4.98 Å². The first-order valence-electron chi connectivity index (χ1n) is 7.96. The maximum Gasteiger partial charge on any atom is 0.0954 e. The molecule has 0 spiro atoms. The SMILES string of the molecule is CN(C)c1ccc(C[C@H](CO)n2cncc2-c2cnn(C)c2)cc1. The molecular formula is C18H23N5O. The monoisotopic (exact) mass is 325 g/mol. The number of anilines is 1. The van der Waals surface area contributed by atoms with Crippen LogP contribution in [0.15, 0.2) is 49.2 Å². The van der Waals surface area contributed by atoms with E-state index in [-0.39, 0.29) is 12.6 Å². The first-order valence-corrected chi connectivity index (χ1v) is 7.96. The van der Waals surface area contributed by atoms with Crippen molar-refractivity contribution in [1.29, 1.82) is 0 Å². The zero-order chi connectivity index (χ0) is 17.1. The molecule has 0 aliphatic carbocycles. The lowest BCUT2D eigenvalue weighted by Gasteiger charge is -2.19. The van der Waals surface area contributed by atoms with Crippen LogP contribution in [-0.2, 0) is 13.5 Å². The molecule has 6 heteroatoms. The van der Waals surface area contributed by atoms with Gasteiger partial charge in [-0.1, -0.05) is 12.1 Å². The Morgan fingerprint density at radius 2 is 1.92 bits per heavy atom. The van der Waals surface area contributed by atoms with Crippen LogP contribution in [-0.4, -0.2) is 45.1 Å². The van der Waals surface area contributed by atoms with Crippen molar-refractivity contribution in [1.82, 2.24) is 19.3 Å². The van der Waals surface area contributed by atoms with E-state index in [9.17, 15) is 5.11 Å². The maximum atomic E-state index is 9.90. The smallest absolute Gasteiger partial charge is 0.0954 e. The largest absolute Gasteiger partial charge is 0.394 e. The van der Waals surface area contributed by atoms with E-state index in [2.05, 4.69) is 39.2 Å². The van der Waals surface area contributed by atoms with E-state index in [1.165, 1.54) is 5.56 Å².